The number of aromatic nitrogens is 2. The van der Waals surface area contributed by atoms with Gasteiger partial charge in [0.1, 0.15) is 11.4 Å². The third-order valence-electron chi connectivity index (χ3n) is 3.82. The van der Waals surface area contributed by atoms with Gasteiger partial charge in [0, 0.05) is 23.0 Å². The van der Waals surface area contributed by atoms with E-state index >= 15 is 0 Å². The molecular formula is C19H19ClFN3O2. The fraction of sp³-hybridized carbons (Fsp3) is 0.211. The molecule has 0 aliphatic heterocycles. The molecule has 0 amide bonds. The summed E-state index contributed by atoms with van der Waals surface area (Å²) < 4.78 is 18.8. The highest BCUT2D eigenvalue weighted by Crippen LogP contribution is 2.30. The molecule has 0 unspecified atom stereocenters. The standard InChI is InChI=1S/C19H18FN3O2.ClH/c1-4-25-19(24)15-10-21-18-14(8-6-12(3)22-18)17(15)23-16-9-13(20)7-5-11(16)2;/h5-10H,4H2,1-3H3,(H,21,22,23);1H. The van der Waals surface area contributed by atoms with Gasteiger partial charge in [0.25, 0.3) is 0 Å². The minimum absolute atomic E-state index is 0. The summed E-state index contributed by atoms with van der Waals surface area (Å²) in [6.07, 6.45) is 1.43. The predicted molar refractivity (Wildman–Crippen MR) is 102 cm³/mol. The van der Waals surface area contributed by atoms with E-state index in [0.29, 0.717) is 22.4 Å². The number of esters is 1. The zero-order valence-corrected chi connectivity index (χ0v) is 15.5. The normalized spacial score (nSPS) is 10.3. The van der Waals surface area contributed by atoms with Crippen LogP contribution in [0.15, 0.2) is 36.5 Å². The highest BCUT2D eigenvalue weighted by molar-refractivity contribution is 6.05. The molecule has 0 fully saturated rings. The maximum absolute atomic E-state index is 13.6. The van der Waals surface area contributed by atoms with Crippen LogP contribution in [0.5, 0.6) is 0 Å². The Balaban J connectivity index is 0.00000243. The van der Waals surface area contributed by atoms with Crippen molar-refractivity contribution >= 4 is 40.8 Å². The van der Waals surface area contributed by atoms with Gasteiger partial charge in [-0.05, 0) is 50.6 Å². The van der Waals surface area contributed by atoms with Crippen LogP contribution in [-0.2, 0) is 4.74 Å². The summed E-state index contributed by atoms with van der Waals surface area (Å²) in [5.41, 5.74) is 3.52. The number of benzene rings is 1. The van der Waals surface area contributed by atoms with Crippen molar-refractivity contribution in [3.63, 3.8) is 0 Å². The number of pyridine rings is 2. The number of nitrogens with zero attached hydrogens (tertiary/aromatic N) is 2. The zero-order chi connectivity index (χ0) is 18.0. The number of nitrogens with one attached hydrogen (secondary N) is 1. The second kappa shape index (κ2) is 8.10. The quantitative estimate of drug-likeness (QED) is 0.668. The average Bonchev–Trinajstić information content (AvgIpc) is 2.58. The van der Waals surface area contributed by atoms with Gasteiger partial charge in [-0.1, -0.05) is 6.07 Å². The van der Waals surface area contributed by atoms with E-state index in [1.165, 1.54) is 18.3 Å². The summed E-state index contributed by atoms with van der Waals surface area (Å²) in [6.45, 7) is 5.71. The monoisotopic (exact) mass is 375 g/mol. The maximum Gasteiger partial charge on any atom is 0.341 e. The summed E-state index contributed by atoms with van der Waals surface area (Å²) in [5, 5.41) is 3.83. The van der Waals surface area contributed by atoms with Crippen molar-refractivity contribution < 1.29 is 13.9 Å². The Morgan fingerprint density at radius 2 is 2.00 bits per heavy atom. The van der Waals surface area contributed by atoms with E-state index in [1.54, 1.807) is 13.0 Å². The van der Waals surface area contributed by atoms with E-state index in [-0.39, 0.29) is 30.4 Å². The van der Waals surface area contributed by atoms with Crippen LogP contribution >= 0.6 is 12.4 Å². The number of aryl methyl sites for hydroxylation is 2. The Hall–Kier alpha value is -2.73. The summed E-state index contributed by atoms with van der Waals surface area (Å²) in [7, 11) is 0. The second-order valence-corrected chi connectivity index (χ2v) is 5.68. The van der Waals surface area contributed by atoms with Gasteiger partial charge in [0.15, 0.2) is 5.65 Å². The van der Waals surface area contributed by atoms with Gasteiger partial charge < -0.3 is 10.1 Å². The Morgan fingerprint density at radius 3 is 2.73 bits per heavy atom. The number of anilines is 2. The number of hydrogen-bond donors (Lipinski definition) is 1. The molecule has 2 heterocycles. The molecule has 26 heavy (non-hydrogen) atoms. The van der Waals surface area contributed by atoms with Gasteiger partial charge in [-0.25, -0.2) is 19.2 Å². The Bertz CT molecular complexity index is 963. The van der Waals surface area contributed by atoms with Gasteiger partial charge in [0.2, 0.25) is 0 Å². The number of rotatable bonds is 4. The van der Waals surface area contributed by atoms with E-state index in [1.807, 2.05) is 26.0 Å². The number of carbonyl (C=O) groups is 1. The van der Waals surface area contributed by atoms with Gasteiger partial charge in [-0.3, -0.25) is 0 Å². The van der Waals surface area contributed by atoms with Crippen molar-refractivity contribution in [1.29, 1.82) is 0 Å². The van der Waals surface area contributed by atoms with Crippen molar-refractivity contribution in [2.24, 2.45) is 0 Å². The van der Waals surface area contributed by atoms with Crippen molar-refractivity contribution in [3.05, 3.63) is 59.2 Å². The van der Waals surface area contributed by atoms with Gasteiger partial charge in [0.05, 0.1) is 12.3 Å². The smallest absolute Gasteiger partial charge is 0.341 e. The van der Waals surface area contributed by atoms with Crippen LogP contribution in [0.4, 0.5) is 15.8 Å². The summed E-state index contributed by atoms with van der Waals surface area (Å²) in [5.74, 6) is -0.854. The van der Waals surface area contributed by atoms with Crippen LogP contribution in [0, 0.1) is 19.7 Å². The van der Waals surface area contributed by atoms with Gasteiger partial charge >= 0.3 is 5.97 Å². The molecule has 136 valence electrons. The molecule has 0 radical (unpaired) electrons. The van der Waals surface area contributed by atoms with Crippen LogP contribution in [0.25, 0.3) is 11.0 Å². The third kappa shape index (κ3) is 3.91. The van der Waals surface area contributed by atoms with Crippen LogP contribution in [0.1, 0.15) is 28.5 Å². The fourth-order valence-electron chi connectivity index (χ4n) is 2.53. The number of ether oxygens (including phenoxy) is 1. The highest BCUT2D eigenvalue weighted by Gasteiger charge is 2.18. The van der Waals surface area contributed by atoms with Gasteiger partial charge in [-0.2, -0.15) is 0 Å². The SMILES string of the molecule is CCOC(=O)c1cnc2nc(C)ccc2c1Nc1cc(F)ccc1C.Cl. The fourth-order valence-corrected chi connectivity index (χ4v) is 2.53. The van der Waals surface area contributed by atoms with E-state index < -0.39 is 5.97 Å². The average molecular weight is 376 g/mol. The first-order valence-electron chi connectivity index (χ1n) is 7.96. The molecule has 2 aromatic heterocycles. The molecule has 0 atom stereocenters. The number of carbonyl (C=O) groups excluding carboxylic acids is 1. The zero-order valence-electron chi connectivity index (χ0n) is 14.7. The molecule has 3 aromatic rings. The highest BCUT2D eigenvalue weighted by atomic mass is 35.5. The minimum atomic E-state index is -0.492. The molecule has 0 aliphatic rings. The molecule has 7 heteroatoms. The molecule has 5 nitrogen and oxygen atoms in total. The first kappa shape index (κ1) is 19.6. The lowest BCUT2D eigenvalue weighted by Crippen LogP contribution is -2.10. The molecule has 0 bridgehead atoms. The van der Waals surface area contributed by atoms with Crippen molar-refractivity contribution in [3.8, 4) is 0 Å². The van der Waals surface area contributed by atoms with Crippen LogP contribution in [-0.4, -0.2) is 22.5 Å². The van der Waals surface area contributed by atoms with E-state index in [2.05, 4.69) is 15.3 Å². The third-order valence-corrected chi connectivity index (χ3v) is 3.82. The molecule has 0 saturated heterocycles. The topological polar surface area (TPSA) is 64.1 Å². The van der Waals surface area contributed by atoms with Crippen molar-refractivity contribution in [1.82, 2.24) is 9.97 Å². The van der Waals surface area contributed by atoms with Crippen LogP contribution in [0.3, 0.4) is 0 Å². The summed E-state index contributed by atoms with van der Waals surface area (Å²) >= 11 is 0. The lowest BCUT2D eigenvalue weighted by atomic mass is 10.1. The van der Waals surface area contributed by atoms with Crippen molar-refractivity contribution in [2.45, 2.75) is 20.8 Å². The lowest BCUT2D eigenvalue weighted by Gasteiger charge is -2.15. The first-order chi connectivity index (χ1) is 12.0. The molecule has 1 aromatic carbocycles. The minimum Gasteiger partial charge on any atom is -0.462 e. The Morgan fingerprint density at radius 1 is 1.23 bits per heavy atom. The largest absolute Gasteiger partial charge is 0.462 e. The maximum atomic E-state index is 13.6. The summed E-state index contributed by atoms with van der Waals surface area (Å²) in [6, 6.07) is 8.13. The lowest BCUT2D eigenvalue weighted by molar-refractivity contribution is 0.0527. The van der Waals surface area contributed by atoms with E-state index in [9.17, 15) is 9.18 Å². The van der Waals surface area contributed by atoms with Crippen molar-refractivity contribution in [2.75, 3.05) is 11.9 Å². The van der Waals surface area contributed by atoms with E-state index in [0.717, 1.165) is 11.3 Å². The van der Waals surface area contributed by atoms with Gasteiger partial charge in [-0.15, -0.1) is 12.4 Å². The molecule has 1 N–H and O–H groups in total. The van der Waals surface area contributed by atoms with E-state index in [4.69, 9.17) is 4.74 Å². The number of fused-ring (bicyclic) bond motifs is 1. The summed E-state index contributed by atoms with van der Waals surface area (Å²) in [4.78, 5) is 21.0. The first-order valence-corrected chi connectivity index (χ1v) is 7.96. The molecule has 0 aliphatic carbocycles. The molecular weight excluding hydrogens is 357 g/mol. The molecule has 3 rings (SSSR count). The second-order valence-electron chi connectivity index (χ2n) is 5.68. The number of halogens is 2. The molecule has 0 saturated carbocycles. The predicted octanol–water partition coefficient (Wildman–Crippen LogP) is 4.73. The Labute approximate surface area is 157 Å². The molecule has 0 spiro atoms. The van der Waals surface area contributed by atoms with Crippen LogP contribution in [0.2, 0.25) is 0 Å². The Kier molecular flexibility index (Phi) is 6.10. The van der Waals surface area contributed by atoms with Crippen LogP contribution < -0.4 is 5.32 Å². The number of hydrogen-bond acceptors (Lipinski definition) is 5.